The van der Waals surface area contributed by atoms with Crippen LogP contribution < -0.4 is 5.73 Å². The molecule has 3 heteroatoms. The van der Waals surface area contributed by atoms with Crippen LogP contribution in [0.2, 0.25) is 0 Å². The number of benzene rings is 2. The molecule has 0 bridgehead atoms. The number of morpholine rings is 1. The molecule has 0 aromatic heterocycles. The van der Waals surface area contributed by atoms with Crippen LogP contribution in [0.25, 0.3) is 0 Å². The van der Waals surface area contributed by atoms with Crippen molar-refractivity contribution in [2.24, 2.45) is 5.73 Å². The van der Waals surface area contributed by atoms with Gasteiger partial charge in [0.05, 0.1) is 19.3 Å². The lowest BCUT2D eigenvalue weighted by Gasteiger charge is -2.29. The molecule has 1 fully saturated rings. The predicted molar refractivity (Wildman–Crippen MR) is 94.6 cm³/mol. The highest BCUT2D eigenvalue weighted by Gasteiger charge is 2.16. The number of nitrogens with zero attached hydrogens (tertiary/aromatic N) is 1. The lowest BCUT2D eigenvalue weighted by Crippen LogP contribution is -2.38. The fourth-order valence-corrected chi connectivity index (χ4v) is 3.19. The Morgan fingerprint density at radius 1 is 0.957 bits per heavy atom. The average molecular weight is 310 g/mol. The maximum absolute atomic E-state index is 6.44. The number of hydrogen-bond donors (Lipinski definition) is 1. The first kappa shape index (κ1) is 16.2. The molecule has 2 N–H and O–H groups in total. The Hall–Kier alpha value is -1.68. The largest absolute Gasteiger partial charge is 0.379 e. The second-order valence-electron chi connectivity index (χ2n) is 6.37. The van der Waals surface area contributed by atoms with E-state index in [0.717, 1.165) is 38.4 Å². The molecule has 0 amide bonds. The normalized spacial score (nSPS) is 18.5. The molecule has 2 aromatic rings. The van der Waals surface area contributed by atoms with Crippen LogP contribution in [-0.4, -0.2) is 37.7 Å². The molecule has 1 heterocycles. The molecule has 0 radical (unpaired) electrons. The summed E-state index contributed by atoms with van der Waals surface area (Å²) in [6.07, 6.45) is 0. The van der Waals surface area contributed by atoms with Crippen molar-refractivity contribution in [2.45, 2.75) is 18.9 Å². The van der Waals surface area contributed by atoms with E-state index in [1.54, 1.807) is 0 Å². The standard InChI is InChI=1S/C20H26N2O/c1-16(15-22-10-12-23-13-11-22)18-8-5-9-19(14-18)20(21)17-6-3-2-4-7-17/h2-9,14,16,20H,10-13,15,21H2,1H3/t16-,20-/m0/s1. The molecule has 1 aliphatic rings. The molecule has 122 valence electrons. The summed E-state index contributed by atoms with van der Waals surface area (Å²) in [4.78, 5) is 2.48. The Morgan fingerprint density at radius 2 is 1.61 bits per heavy atom. The predicted octanol–water partition coefficient (Wildman–Crippen LogP) is 3.17. The van der Waals surface area contributed by atoms with Gasteiger partial charge in [0.15, 0.2) is 0 Å². The van der Waals surface area contributed by atoms with Crippen LogP contribution >= 0.6 is 0 Å². The first-order chi connectivity index (χ1) is 11.2. The Morgan fingerprint density at radius 3 is 2.35 bits per heavy atom. The molecule has 0 saturated carbocycles. The van der Waals surface area contributed by atoms with E-state index in [1.165, 1.54) is 11.1 Å². The van der Waals surface area contributed by atoms with Crippen molar-refractivity contribution < 1.29 is 4.74 Å². The summed E-state index contributed by atoms with van der Waals surface area (Å²) >= 11 is 0. The zero-order chi connectivity index (χ0) is 16.1. The van der Waals surface area contributed by atoms with Gasteiger partial charge in [-0.3, -0.25) is 4.90 Å². The van der Waals surface area contributed by atoms with Crippen molar-refractivity contribution in [3.8, 4) is 0 Å². The minimum absolute atomic E-state index is 0.0632. The zero-order valence-corrected chi connectivity index (χ0v) is 13.8. The summed E-state index contributed by atoms with van der Waals surface area (Å²) in [7, 11) is 0. The smallest absolute Gasteiger partial charge is 0.0594 e. The molecule has 3 nitrogen and oxygen atoms in total. The molecule has 2 aromatic carbocycles. The van der Waals surface area contributed by atoms with Crippen molar-refractivity contribution >= 4 is 0 Å². The molecule has 2 atom stereocenters. The van der Waals surface area contributed by atoms with Gasteiger partial charge in [0, 0.05) is 19.6 Å². The highest BCUT2D eigenvalue weighted by molar-refractivity contribution is 5.35. The molecule has 0 aliphatic carbocycles. The summed E-state index contributed by atoms with van der Waals surface area (Å²) in [6.45, 7) is 7.15. The van der Waals surface area contributed by atoms with Gasteiger partial charge >= 0.3 is 0 Å². The van der Waals surface area contributed by atoms with Crippen molar-refractivity contribution in [1.29, 1.82) is 0 Å². The first-order valence-corrected chi connectivity index (χ1v) is 8.44. The van der Waals surface area contributed by atoms with Crippen LogP contribution in [0.3, 0.4) is 0 Å². The lowest BCUT2D eigenvalue weighted by molar-refractivity contribution is 0.0357. The van der Waals surface area contributed by atoms with Crippen LogP contribution in [0.1, 0.15) is 35.6 Å². The fourth-order valence-electron chi connectivity index (χ4n) is 3.19. The lowest BCUT2D eigenvalue weighted by atomic mass is 9.93. The second kappa shape index (κ2) is 7.73. The van der Waals surface area contributed by atoms with Crippen LogP contribution in [0.5, 0.6) is 0 Å². The van der Waals surface area contributed by atoms with Gasteiger partial charge in [-0.05, 0) is 22.6 Å². The summed E-state index contributed by atoms with van der Waals surface area (Å²) < 4.78 is 5.43. The summed E-state index contributed by atoms with van der Waals surface area (Å²) in [5, 5.41) is 0. The Balaban J connectivity index is 1.71. The number of hydrogen-bond acceptors (Lipinski definition) is 3. The van der Waals surface area contributed by atoms with E-state index in [-0.39, 0.29) is 6.04 Å². The monoisotopic (exact) mass is 310 g/mol. The highest BCUT2D eigenvalue weighted by atomic mass is 16.5. The number of nitrogens with two attached hydrogens (primary N) is 1. The molecule has 1 aliphatic heterocycles. The second-order valence-corrected chi connectivity index (χ2v) is 6.37. The zero-order valence-electron chi connectivity index (χ0n) is 13.8. The van der Waals surface area contributed by atoms with E-state index < -0.39 is 0 Å². The SMILES string of the molecule is C[C@@H](CN1CCOCC1)c1cccc([C@@H](N)c2ccccc2)c1. The van der Waals surface area contributed by atoms with Crippen molar-refractivity contribution in [3.63, 3.8) is 0 Å². The van der Waals surface area contributed by atoms with Crippen molar-refractivity contribution in [2.75, 3.05) is 32.8 Å². The van der Waals surface area contributed by atoms with E-state index in [9.17, 15) is 0 Å². The fraction of sp³-hybridized carbons (Fsp3) is 0.400. The summed E-state index contributed by atoms with van der Waals surface area (Å²) in [5.74, 6) is 0.496. The number of ether oxygens (including phenoxy) is 1. The molecule has 3 rings (SSSR count). The van der Waals surface area contributed by atoms with Gasteiger partial charge in [-0.1, -0.05) is 61.5 Å². The Labute approximate surface area is 139 Å². The number of rotatable bonds is 5. The maximum atomic E-state index is 6.44. The van der Waals surface area contributed by atoms with Crippen LogP contribution in [0.15, 0.2) is 54.6 Å². The van der Waals surface area contributed by atoms with Crippen LogP contribution in [-0.2, 0) is 4.74 Å². The third-order valence-electron chi connectivity index (χ3n) is 4.63. The van der Waals surface area contributed by atoms with E-state index in [4.69, 9.17) is 10.5 Å². The van der Waals surface area contributed by atoms with Gasteiger partial charge in [0.1, 0.15) is 0 Å². The molecular weight excluding hydrogens is 284 g/mol. The minimum atomic E-state index is -0.0632. The van der Waals surface area contributed by atoms with Gasteiger partial charge in [0.2, 0.25) is 0 Å². The van der Waals surface area contributed by atoms with Gasteiger partial charge in [-0.25, -0.2) is 0 Å². The van der Waals surface area contributed by atoms with Gasteiger partial charge in [-0.15, -0.1) is 0 Å². The summed E-state index contributed by atoms with van der Waals surface area (Å²) in [6, 6.07) is 19.0. The van der Waals surface area contributed by atoms with Gasteiger partial charge in [-0.2, -0.15) is 0 Å². The van der Waals surface area contributed by atoms with Gasteiger partial charge in [0.25, 0.3) is 0 Å². The van der Waals surface area contributed by atoms with E-state index in [1.807, 2.05) is 18.2 Å². The van der Waals surface area contributed by atoms with Gasteiger partial charge < -0.3 is 10.5 Å². The average Bonchev–Trinajstić information content (AvgIpc) is 2.63. The third-order valence-corrected chi connectivity index (χ3v) is 4.63. The maximum Gasteiger partial charge on any atom is 0.0594 e. The van der Waals surface area contributed by atoms with E-state index >= 15 is 0 Å². The van der Waals surface area contributed by atoms with Crippen molar-refractivity contribution in [1.82, 2.24) is 4.90 Å². The quantitative estimate of drug-likeness (QED) is 0.922. The van der Waals surface area contributed by atoms with Crippen molar-refractivity contribution in [3.05, 3.63) is 71.3 Å². The molecular formula is C20H26N2O. The van der Waals surface area contributed by atoms with Crippen LogP contribution in [0.4, 0.5) is 0 Å². The minimum Gasteiger partial charge on any atom is -0.379 e. The molecule has 23 heavy (non-hydrogen) atoms. The molecule has 0 unspecified atom stereocenters. The Kier molecular flexibility index (Phi) is 5.44. The molecule has 1 saturated heterocycles. The van der Waals surface area contributed by atoms with E-state index in [2.05, 4.69) is 48.2 Å². The molecule has 0 spiro atoms. The third kappa shape index (κ3) is 4.20. The highest BCUT2D eigenvalue weighted by Crippen LogP contribution is 2.24. The van der Waals surface area contributed by atoms with Crippen LogP contribution in [0, 0.1) is 0 Å². The topological polar surface area (TPSA) is 38.5 Å². The first-order valence-electron chi connectivity index (χ1n) is 8.44. The summed E-state index contributed by atoms with van der Waals surface area (Å²) in [5.41, 5.74) is 10.1. The Bertz CT molecular complexity index is 608. The van der Waals surface area contributed by atoms with E-state index in [0.29, 0.717) is 5.92 Å².